The molecule has 1 aromatic heterocycles. The fourth-order valence-electron chi connectivity index (χ4n) is 2.74. The van der Waals surface area contributed by atoms with Crippen molar-refractivity contribution in [3.05, 3.63) is 51.8 Å². The molecule has 9 heteroatoms. The molecule has 2 N–H and O–H groups in total. The van der Waals surface area contributed by atoms with Crippen molar-refractivity contribution in [2.45, 2.75) is 40.3 Å². The Morgan fingerprint density at radius 3 is 2.52 bits per heavy atom. The monoisotopic (exact) mass is 420 g/mol. The van der Waals surface area contributed by atoms with Crippen molar-refractivity contribution in [3.63, 3.8) is 0 Å². The zero-order valence-corrected chi connectivity index (χ0v) is 17.7. The molecule has 0 saturated heterocycles. The van der Waals surface area contributed by atoms with Crippen molar-refractivity contribution < 1.29 is 19.1 Å². The Bertz CT molecular complexity index is 908. The molecule has 1 heterocycles. The minimum Gasteiger partial charge on any atom is -0.452 e. The third kappa shape index (κ3) is 6.32. The quantitative estimate of drug-likeness (QED) is 0.636. The number of esters is 1. The van der Waals surface area contributed by atoms with Gasteiger partial charge in [0.2, 0.25) is 5.91 Å². The highest BCUT2D eigenvalue weighted by atomic mass is 35.5. The largest absolute Gasteiger partial charge is 0.452 e. The lowest BCUT2D eigenvalue weighted by molar-refractivity contribution is -0.128. The predicted molar refractivity (Wildman–Crippen MR) is 109 cm³/mol. The standard InChI is InChI=1S/C20H25ClN4O4/c1-12(2)23-17(26)9-22-18(27)11-29-20(28)19-13(3)24-25(14(19)4)10-15-7-5-6-8-16(15)21/h5-8,12H,9-11H2,1-4H3,(H,22,27)(H,23,26). The van der Waals surface area contributed by atoms with E-state index in [1.807, 2.05) is 32.0 Å². The normalized spacial score (nSPS) is 10.7. The van der Waals surface area contributed by atoms with E-state index >= 15 is 0 Å². The second-order valence-corrected chi connectivity index (χ2v) is 7.28. The maximum Gasteiger partial charge on any atom is 0.342 e. The van der Waals surface area contributed by atoms with Crippen LogP contribution in [0.2, 0.25) is 5.02 Å². The minimum atomic E-state index is -0.646. The molecule has 0 saturated carbocycles. The molecule has 0 radical (unpaired) electrons. The fraction of sp³-hybridized carbons (Fsp3) is 0.400. The minimum absolute atomic E-state index is 0.0227. The van der Waals surface area contributed by atoms with E-state index in [0.29, 0.717) is 28.5 Å². The molecule has 0 aliphatic carbocycles. The van der Waals surface area contributed by atoms with Gasteiger partial charge in [-0.15, -0.1) is 0 Å². The number of hydrogen-bond donors (Lipinski definition) is 2. The number of halogens is 1. The summed E-state index contributed by atoms with van der Waals surface area (Å²) >= 11 is 6.19. The van der Waals surface area contributed by atoms with Crippen LogP contribution in [0.25, 0.3) is 0 Å². The number of aromatic nitrogens is 2. The van der Waals surface area contributed by atoms with Crippen LogP contribution in [-0.4, -0.2) is 46.8 Å². The lowest BCUT2D eigenvalue weighted by atomic mass is 10.2. The van der Waals surface area contributed by atoms with Crippen molar-refractivity contribution in [2.75, 3.05) is 13.2 Å². The highest BCUT2D eigenvalue weighted by Gasteiger charge is 2.21. The van der Waals surface area contributed by atoms with Crippen molar-refractivity contribution >= 4 is 29.4 Å². The highest BCUT2D eigenvalue weighted by molar-refractivity contribution is 6.31. The molecule has 2 rings (SSSR count). The fourth-order valence-corrected chi connectivity index (χ4v) is 2.94. The van der Waals surface area contributed by atoms with Gasteiger partial charge in [-0.2, -0.15) is 5.10 Å². The van der Waals surface area contributed by atoms with E-state index in [2.05, 4.69) is 15.7 Å². The first-order chi connectivity index (χ1) is 13.7. The molecule has 8 nitrogen and oxygen atoms in total. The highest BCUT2D eigenvalue weighted by Crippen LogP contribution is 2.20. The van der Waals surface area contributed by atoms with Gasteiger partial charge in [-0.3, -0.25) is 14.3 Å². The molecule has 0 aliphatic rings. The average molecular weight is 421 g/mol. The summed E-state index contributed by atoms with van der Waals surface area (Å²) < 4.78 is 6.76. The lowest BCUT2D eigenvalue weighted by Crippen LogP contribution is -2.41. The Hall–Kier alpha value is -2.87. The van der Waals surface area contributed by atoms with Crippen LogP contribution in [-0.2, 0) is 20.9 Å². The first kappa shape index (κ1) is 22.4. The maximum absolute atomic E-state index is 12.4. The summed E-state index contributed by atoms with van der Waals surface area (Å²) in [5.41, 5.74) is 2.29. The molecule has 29 heavy (non-hydrogen) atoms. The number of rotatable bonds is 8. The molecule has 2 aromatic rings. The van der Waals surface area contributed by atoms with Crippen LogP contribution >= 0.6 is 11.6 Å². The molecule has 0 bridgehead atoms. The number of aryl methyl sites for hydroxylation is 1. The van der Waals surface area contributed by atoms with Gasteiger partial charge in [0.25, 0.3) is 5.91 Å². The smallest absolute Gasteiger partial charge is 0.342 e. The summed E-state index contributed by atoms with van der Waals surface area (Å²) in [7, 11) is 0. The predicted octanol–water partition coefficient (Wildman–Crippen LogP) is 2.00. The summed E-state index contributed by atoms with van der Waals surface area (Å²) in [6.07, 6.45) is 0. The van der Waals surface area contributed by atoms with Gasteiger partial charge in [0.05, 0.1) is 24.5 Å². The number of nitrogens with one attached hydrogen (secondary N) is 2. The molecular formula is C20H25ClN4O4. The van der Waals surface area contributed by atoms with Crippen molar-refractivity contribution in [1.29, 1.82) is 0 Å². The van der Waals surface area contributed by atoms with Crippen LogP contribution in [0.15, 0.2) is 24.3 Å². The van der Waals surface area contributed by atoms with E-state index in [-0.39, 0.29) is 18.5 Å². The molecule has 0 atom stereocenters. The third-order valence-electron chi connectivity index (χ3n) is 4.09. The van der Waals surface area contributed by atoms with Crippen LogP contribution in [0.1, 0.15) is 41.2 Å². The van der Waals surface area contributed by atoms with E-state index in [4.69, 9.17) is 16.3 Å². The van der Waals surface area contributed by atoms with Crippen LogP contribution in [0.3, 0.4) is 0 Å². The topological polar surface area (TPSA) is 102 Å². The molecule has 156 valence electrons. The Kier molecular flexibility index (Phi) is 7.78. The van der Waals surface area contributed by atoms with E-state index in [0.717, 1.165) is 5.56 Å². The van der Waals surface area contributed by atoms with Gasteiger partial charge in [0.1, 0.15) is 5.56 Å². The number of carbonyl (C=O) groups is 3. The van der Waals surface area contributed by atoms with Gasteiger partial charge < -0.3 is 15.4 Å². The molecular weight excluding hydrogens is 396 g/mol. The molecule has 1 aromatic carbocycles. The number of nitrogens with zero attached hydrogens (tertiary/aromatic N) is 2. The number of amides is 2. The van der Waals surface area contributed by atoms with Crippen LogP contribution in [0.4, 0.5) is 0 Å². The van der Waals surface area contributed by atoms with E-state index in [9.17, 15) is 14.4 Å². The molecule has 0 unspecified atom stereocenters. The second-order valence-electron chi connectivity index (χ2n) is 6.87. The number of carbonyl (C=O) groups excluding carboxylic acids is 3. The molecule has 0 spiro atoms. The Labute approximate surface area is 174 Å². The first-order valence-corrected chi connectivity index (χ1v) is 9.57. The van der Waals surface area contributed by atoms with Gasteiger partial charge >= 0.3 is 5.97 Å². The summed E-state index contributed by atoms with van der Waals surface area (Å²) in [5.74, 6) is -1.52. The summed E-state index contributed by atoms with van der Waals surface area (Å²) in [6, 6.07) is 7.37. The summed E-state index contributed by atoms with van der Waals surface area (Å²) in [6.45, 7) is 6.83. The van der Waals surface area contributed by atoms with E-state index < -0.39 is 18.5 Å². The maximum atomic E-state index is 12.4. The zero-order chi connectivity index (χ0) is 21.6. The van der Waals surface area contributed by atoms with Crippen molar-refractivity contribution in [2.24, 2.45) is 0 Å². The van der Waals surface area contributed by atoms with Crippen LogP contribution in [0.5, 0.6) is 0 Å². The third-order valence-corrected chi connectivity index (χ3v) is 4.46. The van der Waals surface area contributed by atoms with E-state index in [1.165, 1.54) is 0 Å². The zero-order valence-electron chi connectivity index (χ0n) is 16.9. The number of hydrogen-bond acceptors (Lipinski definition) is 5. The number of ether oxygens (including phenoxy) is 1. The SMILES string of the molecule is Cc1nn(Cc2ccccc2Cl)c(C)c1C(=O)OCC(=O)NCC(=O)NC(C)C. The molecule has 0 fully saturated rings. The van der Waals surface area contributed by atoms with Gasteiger partial charge in [-0.25, -0.2) is 4.79 Å². The molecule has 2 amide bonds. The lowest BCUT2D eigenvalue weighted by Gasteiger charge is -2.10. The first-order valence-electron chi connectivity index (χ1n) is 9.19. The van der Waals surface area contributed by atoms with Crippen molar-refractivity contribution in [1.82, 2.24) is 20.4 Å². The molecule has 0 aliphatic heterocycles. The van der Waals surface area contributed by atoms with Gasteiger partial charge in [0.15, 0.2) is 6.61 Å². The van der Waals surface area contributed by atoms with Gasteiger partial charge in [0, 0.05) is 11.1 Å². The van der Waals surface area contributed by atoms with Crippen LogP contribution in [0, 0.1) is 13.8 Å². The van der Waals surface area contributed by atoms with Crippen molar-refractivity contribution in [3.8, 4) is 0 Å². The van der Waals surface area contributed by atoms with Gasteiger partial charge in [-0.05, 0) is 39.3 Å². The van der Waals surface area contributed by atoms with Gasteiger partial charge in [-0.1, -0.05) is 29.8 Å². The Morgan fingerprint density at radius 2 is 1.86 bits per heavy atom. The Morgan fingerprint density at radius 1 is 1.17 bits per heavy atom. The Balaban J connectivity index is 1.96. The average Bonchev–Trinajstić information content (AvgIpc) is 2.92. The van der Waals surface area contributed by atoms with E-state index in [1.54, 1.807) is 24.6 Å². The number of benzene rings is 1. The second kappa shape index (κ2) is 10.1. The summed E-state index contributed by atoms with van der Waals surface area (Å²) in [5, 5.41) is 10.1. The summed E-state index contributed by atoms with van der Waals surface area (Å²) in [4.78, 5) is 35.8. The van der Waals surface area contributed by atoms with Crippen LogP contribution < -0.4 is 10.6 Å².